The number of nitrogens with one attached hydrogen (secondary N) is 1. The summed E-state index contributed by atoms with van der Waals surface area (Å²) in [6, 6.07) is 11.7. The molecule has 0 aliphatic heterocycles. The highest BCUT2D eigenvalue weighted by atomic mass is 79.9. The summed E-state index contributed by atoms with van der Waals surface area (Å²) in [5.41, 5.74) is 3.82. The molecule has 29 heavy (non-hydrogen) atoms. The van der Waals surface area contributed by atoms with E-state index < -0.39 is 0 Å². The van der Waals surface area contributed by atoms with E-state index >= 15 is 0 Å². The Hall–Kier alpha value is -2.51. The van der Waals surface area contributed by atoms with Gasteiger partial charge in [-0.3, -0.25) is 0 Å². The Morgan fingerprint density at radius 1 is 1.28 bits per heavy atom. The summed E-state index contributed by atoms with van der Waals surface area (Å²) < 4.78 is 7.97. The number of aryl methyl sites for hydroxylation is 1. The van der Waals surface area contributed by atoms with Gasteiger partial charge in [-0.05, 0) is 55.1 Å². The van der Waals surface area contributed by atoms with Crippen molar-refractivity contribution in [2.24, 2.45) is 7.05 Å². The Morgan fingerprint density at radius 2 is 1.97 bits per heavy atom. The highest BCUT2D eigenvalue weighted by Gasteiger charge is 2.27. The number of benzene rings is 2. The van der Waals surface area contributed by atoms with Gasteiger partial charge in [0.05, 0.1) is 34.4 Å². The molecule has 1 heterocycles. The Morgan fingerprint density at radius 3 is 2.59 bits per heavy atom. The fourth-order valence-electron chi connectivity index (χ4n) is 3.52. The van der Waals surface area contributed by atoms with Crippen molar-refractivity contribution in [1.29, 1.82) is 0 Å². The van der Waals surface area contributed by atoms with Crippen LogP contribution in [0.2, 0.25) is 0 Å². The van der Waals surface area contributed by atoms with Gasteiger partial charge in [0.25, 0.3) is 0 Å². The maximum absolute atomic E-state index is 13.0. The van der Waals surface area contributed by atoms with Gasteiger partial charge >= 0.3 is 5.97 Å². The number of esters is 1. The summed E-state index contributed by atoms with van der Waals surface area (Å²) in [6.45, 7) is 3.01. The first-order valence-corrected chi connectivity index (χ1v) is 10.3. The van der Waals surface area contributed by atoms with E-state index in [9.17, 15) is 9.90 Å². The molecule has 0 aliphatic carbocycles. The molecule has 0 fully saturated rings. The number of carbonyl (C=O) groups is 1. The number of phenols is 1. The summed E-state index contributed by atoms with van der Waals surface area (Å²) in [5, 5.41) is 14.8. The average Bonchev–Trinajstić information content (AvgIpc) is 2.96. The van der Waals surface area contributed by atoms with Crippen molar-refractivity contribution in [2.75, 3.05) is 26.0 Å². The number of phenolic OH excluding ortho intramolecular Hbond substituents is 1. The maximum Gasteiger partial charge on any atom is 0.340 e. The molecule has 7 heteroatoms. The van der Waals surface area contributed by atoms with Gasteiger partial charge in [-0.15, -0.1) is 0 Å². The number of fused-ring (bicyclic) bond motifs is 1. The number of hydrogen-bond acceptors (Lipinski definition) is 5. The third-order valence-corrected chi connectivity index (χ3v) is 5.43. The minimum absolute atomic E-state index is 0.143. The molecule has 0 unspecified atom stereocenters. The lowest BCUT2D eigenvalue weighted by Crippen LogP contribution is -2.14. The number of ether oxygens (including phenoxy) is 1. The zero-order chi connectivity index (χ0) is 21.1. The lowest BCUT2D eigenvalue weighted by molar-refractivity contribution is 0.0527. The van der Waals surface area contributed by atoms with Crippen molar-refractivity contribution in [1.82, 2.24) is 9.47 Å². The van der Waals surface area contributed by atoms with Crippen LogP contribution in [0, 0.1) is 0 Å². The minimum atomic E-state index is -0.385. The summed E-state index contributed by atoms with van der Waals surface area (Å²) in [6.07, 6.45) is 0. The van der Waals surface area contributed by atoms with Crippen LogP contribution in [0.15, 0.2) is 40.9 Å². The van der Waals surface area contributed by atoms with Gasteiger partial charge in [-0.1, -0.05) is 18.2 Å². The molecule has 6 nitrogen and oxygen atoms in total. The zero-order valence-electron chi connectivity index (χ0n) is 17.1. The largest absolute Gasteiger partial charge is 0.506 e. The molecule has 0 atom stereocenters. The first-order chi connectivity index (χ1) is 13.8. The Kier molecular flexibility index (Phi) is 6.49. The third-order valence-electron chi connectivity index (χ3n) is 4.83. The molecule has 154 valence electrons. The van der Waals surface area contributed by atoms with Crippen LogP contribution in [0.5, 0.6) is 5.75 Å². The normalized spacial score (nSPS) is 11.2. The summed E-state index contributed by atoms with van der Waals surface area (Å²) in [5.74, 6) is -0.241. The van der Waals surface area contributed by atoms with Crippen molar-refractivity contribution in [2.45, 2.75) is 20.0 Å². The Labute approximate surface area is 179 Å². The number of carbonyl (C=O) groups excluding carboxylic acids is 1. The van der Waals surface area contributed by atoms with Gasteiger partial charge in [0.15, 0.2) is 0 Å². The fourth-order valence-corrected chi connectivity index (χ4v) is 3.98. The quantitative estimate of drug-likeness (QED) is 0.509. The summed E-state index contributed by atoms with van der Waals surface area (Å²) >= 11 is 3.45. The van der Waals surface area contributed by atoms with Gasteiger partial charge in [-0.2, -0.15) is 0 Å². The summed E-state index contributed by atoms with van der Waals surface area (Å²) in [4.78, 5) is 14.9. The first-order valence-electron chi connectivity index (χ1n) is 9.47. The third kappa shape index (κ3) is 4.26. The second kappa shape index (κ2) is 8.88. The number of anilines is 1. The monoisotopic (exact) mass is 459 g/mol. The van der Waals surface area contributed by atoms with E-state index in [2.05, 4.69) is 21.2 Å². The van der Waals surface area contributed by atoms with Gasteiger partial charge in [0.1, 0.15) is 5.75 Å². The molecule has 3 rings (SSSR count). The topological polar surface area (TPSA) is 66.7 Å². The number of nitrogens with zero attached hydrogens (tertiary/aromatic N) is 2. The van der Waals surface area contributed by atoms with Crippen LogP contribution in [0.3, 0.4) is 0 Å². The van der Waals surface area contributed by atoms with Gasteiger partial charge in [-0.25, -0.2) is 4.79 Å². The molecule has 0 radical (unpaired) electrons. The standard InChI is InChI=1S/C22H26BrN3O3/c1-5-29-22(28)20-18(12-24-14-9-7-6-8-10-14)26(4)17-11-16(23)21(27)15(19(17)20)13-25(2)3/h6-11,24,27H,5,12-13H2,1-4H3. The van der Waals surface area contributed by atoms with Crippen molar-refractivity contribution in [3.8, 4) is 5.75 Å². The molecule has 2 aromatic carbocycles. The molecule has 0 spiro atoms. The van der Waals surface area contributed by atoms with Gasteiger partial charge in [0.2, 0.25) is 0 Å². The maximum atomic E-state index is 13.0. The van der Waals surface area contributed by atoms with E-state index in [1.807, 2.05) is 67.0 Å². The van der Waals surface area contributed by atoms with Crippen LogP contribution in [-0.4, -0.2) is 41.2 Å². The molecule has 0 aliphatic rings. The molecule has 0 saturated heterocycles. The number of para-hydroxylation sites is 1. The van der Waals surface area contributed by atoms with Crippen LogP contribution in [-0.2, 0) is 24.9 Å². The molecule has 1 aromatic heterocycles. The molecule has 3 aromatic rings. The number of aromatic hydroxyl groups is 1. The highest BCUT2D eigenvalue weighted by molar-refractivity contribution is 9.10. The smallest absolute Gasteiger partial charge is 0.340 e. The lowest BCUT2D eigenvalue weighted by atomic mass is 10.0. The molecule has 0 saturated carbocycles. The minimum Gasteiger partial charge on any atom is -0.506 e. The van der Waals surface area contributed by atoms with Crippen molar-refractivity contribution in [3.63, 3.8) is 0 Å². The molecule has 0 bridgehead atoms. The molecule has 2 N–H and O–H groups in total. The summed E-state index contributed by atoms with van der Waals surface area (Å²) in [7, 11) is 5.78. The van der Waals surface area contributed by atoms with Crippen molar-refractivity contribution in [3.05, 3.63) is 57.7 Å². The van der Waals surface area contributed by atoms with E-state index in [0.717, 1.165) is 22.3 Å². The van der Waals surface area contributed by atoms with E-state index in [1.54, 1.807) is 6.92 Å². The Bertz CT molecular complexity index is 1030. The number of halogens is 1. The van der Waals surface area contributed by atoms with Crippen LogP contribution in [0.4, 0.5) is 5.69 Å². The van der Waals surface area contributed by atoms with Gasteiger partial charge in [0, 0.05) is 30.2 Å². The molecular weight excluding hydrogens is 434 g/mol. The van der Waals surface area contributed by atoms with E-state index in [1.165, 1.54) is 0 Å². The molecular formula is C22H26BrN3O3. The van der Waals surface area contributed by atoms with Crippen LogP contribution >= 0.6 is 15.9 Å². The van der Waals surface area contributed by atoms with Crippen molar-refractivity contribution >= 4 is 38.5 Å². The number of aromatic nitrogens is 1. The lowest BCUT2D eigenvalue weighted by Gasteiger charge is -2.15. The predicted molar refractivity (Wildman–Crippen MR) is 119 cm³/mol. The number of rotatable bonds is 7. The zero-order valence-corrected chi connectivity index (χ0v) is 18.7. The first kappa shape index (κ1) is 21.2. The van der Waals surface area contributed by atoms with Gasteiger partial charge < -0.3 is 24.6 Å². The predicted octanol–water partition coefficient (Wildman–Crippen LogP) is 4.50. The van der Waals surface area contributed by atoms with Crippen molar-refractivity contribution < 1.29 is 14.6 Å². The SMILES string of the molecule is CCOC(=O)c1c(CNc2ccccc2)n(C)c2cc(Br)c(O)c(CN(C)C)c12. The van der Waals surface area contributed by atoms with Crippen LogP contribution in [0.1, 0.15) is 28.5 Å². The average molecular weight is 460 g/mol. The van der Waals surface area contributed by atoms with E-state index in [0.29, 0.717) is 28.7 Å². The fraction of sp³-hybridized carbons (Fsp3) is 0.318. The van der Waals surface area contributed by atoms with Crippen LogP contribution in [0.25, 0.3) is 10.9 Å². The second-order valence-electron chi connectivity index (χ2n) is 7.14. The Balaban J connectivity index is 2.22. The number of hydrogen-bond donors (Lipinski definition) is 2. The van der Waals surface area contributed by atoms with E-state index in [-0.39, 0.29) is 18.3 Å². The van der Waals surface area contributed by atoms with Crippen LogP contribution < -0.4 is 5.32 Å². The highest BCUT2D eigenvalue weighted by Crippen LogP contribution is 2.39. The van der Waals surface area contributed by atoms with E-state index in [4.69, 9.17) is 4.74 Å². The molecule has 0 amide bonds. The second-order valence-corrected chi connectivity index (χ2v) is 7.99.